The van der Waals surface area contributed by atoms with Crippen molar-refractivity contribution in [3.63, 3.8) is 0 Å². The molecule has 2 aliphatic rings. The van der Waals surface area contributed by atoms with Gasteiger partial charge in [-0.25, -0.2) is 0 Å². The third-order valence-corrected chi connectivity index (χ3v) is 7.86. The molecule has 216 valence electrons. The van der Waals surface area contributed by atoms with E-state index in [1.807, 2.05) is 48.2 Å². The second-order valence-corrected chi connectivity index (χ2v) is 11.1. The van der Waals surface area contributed by atoms with Crippen LogP contribution in [0.15, 0.2) is 48.6 Å². The Morgan fingerprint density at radius 3 is 2.65 bits per heavy atom. The average molecular weight is 568 g/mol. The van der Waals surface area contributed by atoms with Gasteiger partial charge in [-0.1, -0.05) is 37.1 Å². The predicted molar refractivity (Wildman–Crippen MR) is 159 cm³/mol. The molecule has 40 heavy (non-hydrogen) atoms. The standard InChI is InChI=1S/C32H42ClN3O4/c1-3-13-34-32(38)25-10-9-24-21-29(22-26(24)19-25)36(31(37)8-7-16-35-14-5-4-6-15-35)23-27-20-28(33)11-12-30(27)40-18-17-39-2/h7-12,19-20,29H,3-6,13-18,21-23H2,1-2H3,(H,34,38)/b8-7+. The number of piperidine rings is 1. The molecule has 0 spiro atoms. The maximum Gasteiger partial charge on any atom is 0.251 e. The van der Waals surface area contributed by atoms with Crippen LogP contribution in [-0.2, 0) is 28.9 Å². The molecule has 1 saturated heterocycles. The van der Waals surface area contributed by atoms with Gasteiger partial charge in [0.2, 0.25) is 5.91 Å². The summed E-state index contributed by atoms with van der Waals surface area (Å²) in [6.45, 7) is 6.88. The Hall–Kier alpha value is -2.87. The van der Waals surface area contributed by atoms with E-state index in [1.54, 1.807) is 19.3 Å². The van der Waals surface area contributed by atoms with Crippen molar-refractivity contribution in [3.05, 3.63) is 75.8 Å². The van der Waals surface area contributed by atoms with Crippen molar-refractivity contribution in [1.82, 2.24) is 15.1 Å². The lowest BCUT2D eigenvalue weighted by Gasteiger charge is -2.29. The molecule has 1 atom stereocenters. The smallest absolute Gasteiger partial charge is 0.251 e. The molecule has 1 N–H and O–H groups in total. The third-order valence-electron chi connectivity index (χ3n) is 7.62. The molecule has 8 heteroatoms. The molecule has 0 radical (unpaired) electrons. The normalized spacial score (nSPS) is 17.1. The van der Waals surface area contributed by atoms with Crippen molar-refractivity contribution in [2.24, 2.45) is 0 Å². The summed E-state index contributed by atoms with van der Waals surface area (Å²) < 4.78 is 11.1. The Labute approximate surface area is 243 Å². The molecule has 7 nitrogen and oxygen atoms in total. The number of rotatable bonds is 13. The predicted octanol–water partition coefficient (Wildman–Crippen LogP) is 5.04. The summed E-state index contributed by atoms with van der Waals surface area (Å²) in [6.07, 6.45) is 9.74. The van der Waals surface area contributed by atoms with Gasteiger partial charge >= 0.3 is 0 Å². The van der Waals surface area contributed by atoms with Gasteiger partial charge in [0, 0.05) is 55.0 Å². The zero-order chi connectivity index (χ0) is 28.3. The van der Waals surface area contributed by atoms with Crippen LogP contribution in [0.2, 0.25) is 5.02 Å². The number of hydrogen-bond donors (Lipinski definition) is 1. The van der Waals surface area contributed by atoms with E-state index in [1.165, 1.54) is 24.8 Å². The quantitative estimate of drug-likeness (QED) is 0.271. The molecule has 0 saturated carbocycles. The number of nitrogens with one attached hydrogen (secondary N) is 1. The maximum atomic E-state index is 13.7. The Balaban J connectivity index is 1.54. The first-order valence-electron chi connectivity index (χ1n) is 14.5. The number of carbonyl (C=O) groups is 2. The van der Waals surface area contributed by atoms with Gasteiger partial charge in [0.25, 0.3) is 5.91 Å². The Bertz CT molecular complexity index is 1180. The summed E-state index contributed by atoms with van der Waals surface area (Å²) in [5.41, 5.74) is 3.81. The van der Waals surface area contributed by atoms with Crippen molar-refractivity contribution in [1.29, 1.82) is 0 Å². The zero-order valence-corrected chi connectivity index (χ0v) is 24.5. The van der Waals surface area contributed by atoms with Gasteiger partial charge in [-0.15, -0.1) is 0 Å². The van der Waals surface area contributed by atoms with Gasteiger partial charge in [-0.2, -0.15) is 0 Å². The maximum absolute atomic E-state index is 13.7. The Morgan fingerprint density at radius 2 is 1.88 bits per heavy atom. The van der Waals surface area contributed by atoms with Crippen LogP contribution in [0, 0.1) is 0 Å². The fourth-order valence-electron chi connectivity index (χ4n) is 5.46. The lowest BCUT2D eigenvalue weighted by Crippen LogP contribution is -2.39. The van der Waals surface area contributed by atoms with Gasteiger partial charge in [0.15, 0.2) is 0 Å². The van der Waals surface area contributed by atoms with Crippen LogP contribution >= 0.6 is 11.6 Å². The number of nitrogens with zero attached hydrogens (tertiary/aromatic N) is 2. The lowest BCUT2D eigenvalue weighted by molar-refractivity contribution is -0.128. The van der Waals surface area contributed by atoms with Crippen molar-refractivity contribution >= 4 is 23.4 Å². The molecule has 2 amide bonds. The molecule has 1 heterocycles. The monoisotopic (exact) mass is 567 g/mol. The molecule has 2 aromatic carbocycles. The van der Waals surface area contributed by atoms with Crippen molar-refractivity contribution < 1.29 is 19.1 Å². The van der Waals surface area contributed by atoms with E-state index in [2.05, 4.69) is 10.2 Å². The van der Waals surface area contributed by atoms with E-state index >= 15 is 0 Å². The summed E-state index contributed by atoms with van der Waals surface area (Å²) in [7, 11) is 1.64. The number of carbonyl (C=O) groups excluding carboxylic acids is 2. The van der Waals surface area contributed by atoms with Crippen LogP contribution in [0.1, 0.15) is 59.7 Å². The second kappa shape index (κ2) is 15.2. The van der Waals surface area contributed by atoms with Crippen LogP contribution in [0.25, 0.3) is 0 Å². The van der Waals surface area contributed by atoms with E-state index in [-0.39, 0.29) is 17.9 Å². The fraction of sp³-hybridized carbons (Fsp3) is 0.500. The van der Waals surface area contributed by atoms with E-state index in [9.17, 15) is 9.59 Å². The fourth-order valence-corrected chi connectivity index (χ4v) is 5.65. The first kappa shape index (κ1) is 30.1. The van der Waals surface area contributed by atoms with Crippen LogP contribution in [0.3, 0.4) is 0 Å². The number of halogens is 1. The minimum absolute atomic E-state index is 0.0291. The minimum atomic E-state index is -0.0570. The highest BCUT2D eigenvalue weighted by Crippen LogP contribution is 2.31. The number of likely N-dealkylation sites (tertiary alicyclic amines) is 1. The molecule has 0 aromatic heterocycles. The summed E-state index contributed by atoms with van der Waals surface area (Å²) in [4.78, 5) is 30.6. The first-order chi connectivity index (χ1) is 19.5. The number of fused-ring (bicyclic) bond motifs is 1. The Kier molecular flexibility index (Phi) is 11.5. The van der Waals surface area contributed by atoms with Gasteiger partial charge in [-0.3, -0.25) is 14.5 Å². The Morgan fingerprint density at radius 1 is 1.07 bits per heavy atom. The average Bonchev–Trinajstić information content (AvgIpc) is 3.39. The topological polar surface area (TPSA) is 71.1 Å². The number of benzene rings is 2. The highest BCUT2D eigenvalue weighted by molar-refractivity contribution is 6.30. The van der Waals surface area contributed by atoms with Crippen molar-refractivity contribution in [3.8, 4) is 5.75 Å². The molecule has 2 aromatic rings. The molecule has 4 rings (SSSR count). The minimum Gasteiger partial charge on any atom is -0.491 e. The number of ether oxygens (including phenoxy) is 2. The number of hydrogen-bond acceptors (Lipinski definition) is 5. The first-order valence-corrected chi connectivity index (χ1v) is 14.9. The lowest BCUT2D eigenvalue weighted by atomic mass is 10.1. The third kappa shape index (κ3) is 8.32. The summed E-state index contributed by atoms with van der Waals surface area (Å²) >= 11 is 6.39. The molecular formula is C32H42ClN3O4. The SMILES string of the molecule is CCCNC(=O)c1ccc2c(c1)CC(N(Cc1cc(Cl)ccc1OCCOC)C(=O)/C=C/CN1CCCCC1)C2. The second-order valence-electron chi connectivity index (χ2n) is 10.6. The van der Waals surface area contributed by atoms with Crippen LogP contribution < -0.4 is 10.1 Å². The number of methoxy groups -OCH3 is 1. The van der Waals surface area contributed by atoms with Gasteiger partial charge in [-0.05, 0) is 86.7 Å². The van der Waals surface area contributed by atoms with Gasteiger partial charge < -0.3 is 19.7 Å². The van der Waals surface area contributed by atoms with E-state index in [4.69, 9.17) is 21.1 Å². The molecule has 1 unspecified atom stereocenters. The highest BCUT2D eigenvalue weighted by Gasteiger charge is 2.30. The van der Waals surface area contributed by atoms with Gasteiger partial charge in [0.1, 0.15) is 12.4 Å². The highest BCUT2D eigenvalue weighted by atomic mass is 35.5. The molecular weight excluding hydrogens is 526 g/mol. The largest absolute Gasteiger partial charge is 0.491 e. The molecule has 0 bridgehead atoms. The van der Waals surface area contributed by atoms with Crippen molar-refractivity contribution in [2.45, 2.75) is 58.0 Å². The van der Waals surface area contributed by atoms with Crippen LogP contribution in [0.4, 0.5) is 0 Å². The van der Waals surface area contributed by atoms with E-state index in [0.717, 1.165) is 43.6 Å². The van der Waals surface area contributed by atoms with E-state index < -0.39 is 0 Å². The van der Waals surface area contributed by atoms with Crippen LogP contribution in [-0.4, -0.2) is 74.2 Å². The summed E-state index contributed by atoms with van der Waals surface area (Å²) in [5, 5.41) is 3.55. The summed E-state index contributed by atoms with van der Waals surface area (Å²) in [6, 6.07) is 11.4. The van der Waals surface area contributed by atoms with Crippen molar-refractivity contribution in [2.75, 3.05) is 46.5 Å². The van der Waals surface area contributed by atoms with E-state index in [0.29, 0.717) is 49.1 Å². The van der Waals surface area contributed by atoms with Crippen LogP contribution in [0.5, 0.6) is 5.75 Å². The molecule has 1 aliphatic carbocycles. The number of amides is 2. The summed E-state index contributed by atoms with van der Waals surface area (Å²) in [5.74, 6) is 0.610. The molecule has 1 aliphatic heterocycles. The molecule has 1 fully saturated rings. The van der Waals surface area contributed by atoms with Gasteiger partial charge in [0.05, 0.1) is 6.61 Å². The zero-order valence-electron chi connectivity index (χ0n) is 23.8.